The van der Waals surface area contributed by atoms with Crippen molar-refractivity contribution in [2.45, 2.75) is 79.8 Å². The van der Waals surface area contributed by atoms with Gasteiger partial charge in [-0.2, -0.15) is 0 Å². The summed E-state index contributed by atoms with van der Waals surface area (Å²) in [6.07, 6.45) is 0. The molecule has 0 aliphatic heterocycles. The SMILES string of the molecule is CC(=O)c1cccc(CO)n1.CC(=O)c1cccc(COCC(=O)OC(C)(C)C)n1.CC(C)(C)OC(=O)CBr.[2H]CF.[H-].[Na+]. The first kappa shape index (κ1) is 42.0. The van der Waals surface area contributed by atoms with Crippen molar-refractivity contribution in [3.8, 4) is 0 Å². The molecule has 0 aromatic carbocycles. The molecule has 0 spiro atoms. The Hall–Kier alpha value is -2.09. The van der Waals surface area contributed by atoms with Crippen molar-refractivity contribution in [2.24, 2.45) is 0 Å². The van der Waals surface area contributed by atoms with Gasteiger partial charge in [0, 0.05) is 13.8 Å². The topological polar surface area (TPSA) is 142 Å². The largest absolute Gasteiger partial charge is 1.00 e. The number of esters is 2. The molecule has 0 atom stereocenters. The fourth-order valence-corrected chi connectivity index (χ4v) is 2.61. The average molecular weight is 671 g/mol. The Balaban J connectivity index is -0.000000274. The third kappa shape index (κ3) is 24.5. The molecule has 0 aliphatic carbocycles. The summed E-state index contributed by atoms with van der Waals surface area (Å²) >= 11 is 2.99. The Bertz CT molecular complexity index is 1130. The van der Waals surface area contributed by atoms with Crippen molar-refractivity contribution in [1.82, 2.24) is 9.97 Å². The Morgan fingerprint density at radius 2 is 1.29 bits per heavy atom. The molecule has 0 aliphatic rings. The molecule has 0 saturated carbocycles. The van der Waals surface area contributed by atoms with Crippen molar-refractivity contribution in [3.05, 3.63) is 59.2 Å². The van der Waals surface area contributed by atoms with Gasteiger partial charge in [0.2, 0.25) is 0 Å². The van der Waals surface area contributed by atoms with Crippen LogP contribution in [-0.2, 0) is 37.0 Å². The minimum atomic E-state index is -1.00. The first-order valence-electron chi connectivity index (χ1n) is 13.1. The van der Waals surface area contributed by atoms with Gasteiger partial charge in [-0.15, -0.1) is 0 Å². The van der Waals surface area contributed by atoms with E-state index in [1.54, 1.807) is 57.2 Å². The van der Waals surface area contributed by atoms with Crippen LogP contribution in [0.5, 0.6) is 0 Å². The van der Waals surface area contributed by atoms with Crippen molar-refractivity contribution in [2.75, 3.05) is 19.1 Å². The van der Waals surface area contributed by atoms with E-state index < -0.39 is 18.7 Å². The maximum atomic E-state index is 11.4. The molecule has 0 unspecified atom stereocenters. The molecule has 13 heteroatoms. The molecule has 0 radical (unpaired) electrons. The fourth-order valence-electron chi connectivity index (χ4n) is 2.50. The average Bonchev–Trinajstić information content (AvgIpc) is 2.88. The van der Waals surface area contributed by atoms with E-state index in [4.69, 9.17) is 20.7 Å². The molecule has 2 rings (SSSR count). The number of aliphatic hydroxyl groups excluding tert-OH is 1. The molecule has 0 saturated heterocycles. The predicted molar refractivity (Wildman–Crippen MR) is 158 cm³/mol. The number of Topliss-reactive ketones (excluding diaryl/α,β-unsaturated/α-hetero) is 2. The second-order valence-corrected chi connectivity index (χ2v) is 10.7. The summed E-state index contributed by atoms with van der Waals surface area (Å²) in [5.41, 5.74) is 1.04. The van der Waals surface area contributed by atoms with Gasteiger partial charge in [0.15, 0.2) is 11.6 Å². The summed E-state index contributed by atoms with van der Waals surface area (Å²) in [5, 5.41) is 8.94. The van der Waals surface area contributed by atoms with Gasteiger partial charge >= 0.3 is 41.5 Å². The Morgan fingerprint density at radius 1 is 0.881 bits per heavy atom. The summed E-state index contributed by atoms with van der Waals surface area (Å²) in [7, 11) is -1.00. The van der Waals surface area contributed by atoms with E-state index in [0.717, 1.165) is 0 Å². The Kier molecular flexibility index (Phi) is 23.4. The van der Waals surface area contributed by atoms with E-state index in [9.17, 15) is 23.6 Å². The molecule has 2 heterocycles. The van der Waals surface area contributed by atoms with Crippen LogP contribution < -0.4 is 29.6 Å². The third-order valence-corrected chi connectivity index (χ3v) is 4.37. The number of carbonyl (C=O) groups is 4. The maximum Gasteiger partial charge on any atom is 1.00 e. The molecule has 1 N–H and O–H groups in total. The summed E-state index contributed by atoms with van der Waals surface area (Å²) in [6.45, 7) is 13.7. The number of aromatic nitrogens is 2. The number of rotatable bonds is 8. The predicted octanol–water partition coefficient (Wildman–Crippen LogP) is 2.34. The van der Waals surface area contributed by atoms with Crippen LogP contribution in [0.1, 0.15) is 90.6 Å². The van der Waals surface area contributed by atoms with Gasteiger partial charge in [-0.05, 0) is 65.8 Å². The van der Waals surface area contributed by atoms with Gasteiger partial charge < -0.3 is 20.7 Å². The standard InChI is InChI=1S/C14H19NO4.C8H9NO2.C6H11BrO2.CH3F.Na.H/c1-10(16)12-7-5-6-11(15-12)8-18-9-13(17)19-14(2,3)4;1-6(11)8-4-2-3-7(5-10)9-8;1-6(2,3)9-5(8)4-7;1-2;;/h5-7H,8-9H2,1-4H3;2-4,10H,5H2,1H3;4H2,1-3H3;1H3;;/q;;;;+1;-1/i;;;1D;;. The second kappa shape index (κ2) is 23.4. The Labute approximate surface area is 281 Å². The van der Waals surface area contributed by atoms with Crippen molar-refractivity contribution >= 4 is 39.4 Å². The fraction of sp³-hybridized carbons (Fsp3) is 0.517. The zero-order chi connectivity index (χ0) is 32.9. The quantitative estimate of drug-likeness (QED) is 0.193. The number of pyridine rings is 2. The number of hydrogen-bond acceptors (Lipinski definition) is 10. The first-order chi connectivity index (χ1) is 19.4. The summed E-state index contributed by atoms with van der Waals surface area (Å²) in [6, 6.07) is 10.1. The van der Waals surface area contributed by atoms with Crippen molar-refractivity contribution in [3.63, 3.8) is 0 Å². The van der Waals surface area contributed by atoms with Gasteiger partial charge in [0.25, 0.3) is 0 Å². The van der Waals surface area contributed by atoms with E-state index in [-0.39, 0.29) is 79.3 Å². The maximum absolute atomic E-state index is 11.4. The smallest absolute Gasteiger partial charge is 1.00 e. The number of nitrogens with zero attached hydrogens (tertiary/aromatic N) is 2. The normalized spacial score (nSPS) is 10.4. The van der Waals surface area contributed by atoms with Gasteiger partial charge in [-0.25, -0.2) is 14.8 Å². The molecule has 232 valence electrons. The molecule has 10 nitrogen and oxygen atoms in total. The van der Waals surface area contributed by atoms with Crippen LogP contribution in [0.4, 0.5) is 4.39 Å². The van der Waals surface area contributed by atoms with Crippen LogP contribution in [0.2, 0.25) is 0 Å². The molecule has 0 fully saturated rings. The van der Waals surface area contributed by atoms with E-state index >= 15 is 0 Å². The zero-order valence-electron chi connectivity index (χ0n) is 28.0. The molecular weight excluding hydrogens is 626 g/mol. The van der Waals surface area contributed by atoms with Crippen molar-refractivity contribution in [1.29, 1.82) is 0 Å². The molecule has 2 aromatic heterocycles. The molecule has 42 heavy (non-hydrogen) atoms. The number of carbonyl (C=O) groups excluding carboxylic acids is 4. The number of hydrogen-bond donors (Lipinski definition) is 1. The van der Waals surface area contributed by atoms with Crippen LogP contribution in [-0.4, -0.2) is 68.9 Å². The number of ketones is 2. The molecule has 2 aromatic rings. The van der Waals surface area contributed by atoms with Crippen LogP contribution in [0, 0.1) is 0 Å². The zero-order valence-corrected chi connectivity index (χ0v) is 29.5. The number of aliphatic hydroxyl groups is 1. The summed E-state index contributed by atoms with van der Waals surface area (Å²) in [4.78, 5) is 51.9. The first-order valence-corrected chi connectivity index (χ1v) is 13.5. The van der Waals surface area contributed by atoms with Crippen molar-refractivity contribution < 1.29 is 75.2 Å². The van der Waals surface area contributed by atoms with Gasteiger partial charge in [0.1, 0.15) is 34.5 Å². The van der Waals surface area contributed by atoms with E-state index in [1.807, 2.05) is 20.8 Å². The molecule has 0 bridgehead atoms. The third-order valence-electron chi connectivity index (χ3n) is 3.92. The van der Waals surface area contributed by atoms with E-state index in [0.29, 0.717) is 22.8 Å². The van der Waals surface area contributed by atoms with E-state index in [2.05, 4.69) is 25.9 Å². The van der Waals surface area contributed by atoms with Crippen LogP contribution >= 0.6 is 15.9 Å². The van der Waals surface area contributed by atoms with Crippen LogP contribution in [0.3, 0.4) is 0 Å². The number of halogens is 2. The van der Waals surface area contributed by atoms with Gasteiger partial charge in [-0.3, -0.25) is 18.8 Å². The van der Waals surface area contributed by atoms with Crippen LogP contribution in [0.15, 0.2) is 36.4 Å². The summed E-state index contributed by atoms with van der Waals surface area (Å²) in [5.74, 6) is -0.827. The molecular formula is C29H43BrFN2NaO8. The number of alkyl halides is 2. The minimum Gasteiger partial charge on any atom is -1.00 e. The van der Waals surface area contributed by atoms with Gasteiger partial charge in [0.05, 0.1) is 33.1 Å². The number of ether oxygens (including phenoxy) is 3. The van der Waals surface area contributed by atoms with E-state index in [1.165, 1.54) is 13.8 Å². The minimum absolute atomic E-state index is 0. The molecule has 0 amide bonds. The van der Waals surface area contributed by atoms with Crippen LogP contribution in [0.25, 0.3) is 0 Å². The summed E-state index contributed by atoms with van der Waals surface area (Å²) < 4.78 is 30.7. The van der Waals surface area contributed by atoms with Gasteiger partial charge in [-0.1, -0.05) is 28.1 Å². The Morgan fingerprint density at radius 3 is 1.64 bits per heavy atom. The second-order valence-electron chi connectivity index (χ2n) is 10.1. The monoisotopic (exact) mass is 669 g/mol.